The van der Waals surface area contributed by atoms with Crippen molar-refractivity contribution in [3.8, 4) is 0 Å². The molecule has 0 amide bonds. The van der Waals surface area contributed by atoms with Crippen molar-refractivity contribution in [3.05, 3.63) is 42.5 Å². The minimum Gasteiger partial charge on any atom is -0.393 e. The molecule has 2 nitrogen and oxygen atoms in total. The molecule has 0 spiro atoms. The minimum absolute atomic E-state index is 0.858. The third-order valence-electron chi connectivity index (χ3n) is 1.97. The number of hydrogen-bond donors (Lipinski definition) is 0. The number of benzene rings is 1. The van der Waals surface area contributed by atoms with E-state index in [-0.39, 0.29) is 0 Å². The van der Waals surface area contributed by atoms with Gasteiger partial charge in [0.05, 0.1) is 0 Å². The van der Waals surface area contributed by atoms with Gasteiger partial charge in [0.15, 0.2) is 0 Å². The van der Waals surface area contributed by atoms with E-state index < -0.39 is 9.28 Å². The average molecular weight is 207 g/mol. The van der Waals surface area contributed by atoms with Crippen LogP contribution in [0.2, 0.25) is 0 Å². The molecule has 0 aliphatic carbocycles. The van der Waals surface area contributed by atoms with Gasteiger partial charge >= 0.3 is 9.28 Å². The number of hydrogen-bond acceptors (Lipinski definition) is 2. The van der Waals surface area contributed by atoms with Crippen LogP contribution in [0.25, 0.3) is 0 Å². The molecule has 75 valence electrons. The molecule has 3 heteroatoms. The number of rotatable bonds is 5. The smallest absolute Gasteiger partial charge is 0.393 e. The summed E-state index contributed by atoms with van der Waals surface area (Å²) < 4.78 is 10.6. The molecule has 0 aliphatic heterocycles. The van der Waals surface area contributed by atoms with E-state index in [4.69, 9.17) is 8.85 Å². The Kier molecular flexibility index (Phi) is 4.59. The van der Waals surface area contributed by atoms with Crippen LogP contribution in [0, 0.1) is 0 Å². The molecule has 1 radical (unpaired) electrons. The molecule has 0 aromatic heterocycles. The van der Waals surface area contributed by atoms with Gasteiger partial charge in [0.2, 0.25) is 0 Å². The maximum Gasteiger partial charge on any atom is 0.423 e. The van der Waals surface area contributed by atoms with E-state index in [1.54, 1.807) is 14.2 Å². The van der Waals surface area contributed by atoms with Gasteiger partial charge in [-0.3, -0.25) is 0 Å². The molecular weight excluding hydrogens is 192 g/mol. The lowest BCUT2D eigenvalue weighted by Crippen LogP contribution is -2.37. The summed E-state index contributed by atoms with van der Waals surface area (Å²) in [7, 11) is 2.07. The lowest BCUT2D eigenvalue weighted by Gasteiger charge is -2.12. The zero-order chi connectivity index (χ0) is 10.4. The molecule has 0 N–H and O–H groups in total. The third kappa shape index (κ3) is 2.54. The van der Waals surface area contributed by atoms with Gasteiger partial charge in [-0.1, -0.05) is 30.3 Å². The van der Waals surface area contributed by atoms with Gasteiger partial charge < -0.3 is 8.85 Å². The lowest BCUT2D eigenvalue weighted by atomic mass is 10.1. The van der Waals surface area contributed by atoms with Gasteiger partial charge in [-0.15, -0.1) is 6.58 Å². The fraction of sp³-hybridized carbons (Fsp3) is 0.273. The van der Waals surface area contributed by atoms with E-state index in [2.05, 4.69) is 18.7 Å². The molecule has 0 heterocycles. The highest BCUT2D eigenvalue weighted by atomic mass is 28.3. The summed E-state index contributed by atoms with van der Waals surface area (Å²) in [5, 5.41) is 1.17. The second-order valence-electron chi connectivity index (χ2n) is 2.85. The summed E-state index contributed by atoms with van der Waals surface area (Å²) in [5.74, 6) is 0. The van der Waals surface area contributed by atoms with Crippen molar-refractivity contribution in [1.29, 1.82) is 0 Å². The fourth-order valence-corrected chi connectivity index (χ4v) is 2.64. The van der Waals surface area contributed by atoms with Crippen LogP contribution in [-0.4, -0.2) is 23.5 Å². The molecule has 0 bridgehead atoms. The van der Waals surface area contributed by atoms with Crippen molar-refractivity contribution in [2.75, 3.05) is 14.2 Å². The zero-order valence-corrected chi connectivity index (χ0v) is 9.62. The standard InChI is InChI=1S/C11H15O2Si/c1-4-7-10-8-5-6-9-11(10)14(12-2)13-3/h4-6,8-9H,1,7H2,2-3H3. The molecule has 0 saturated heterocycles. The molecule has 1 aromatic rings. The first kappa shape index (κ1) is 11.2. The molecule has 1 rings (SSSR count). The summed E-state index contributed by atoms with van der Waals surface area (Å²) in [4.78, 5) is 0. The summed E-state index contributed by atoms with van der Waals surface area (Å²) in [5.41, 5.74) is 1.24. The summed E-state index contributed by atoms with van der Waals surface area (Å²) in [6.45, 7) is 3.74. The first-order chi connectivity index (χ1) is 6.83. The van der Waals surface area contributed by atoms with Crippen molar-refractivity contribution < 1.29 is 8.85 Å². The van der Waals surface area contributed by atoms with E-state index in [1.807, 2.05) is 18.2 Å². The SMILES string of the molecule is C=CCc1ccccc1[Si](OC)OC. The van der Waals surface area contributed by atoms with E-state index in [1.165, 1.54) is 10.8 Å². The fourth-order valence-electron chi connectivity index (χ4n) is 1.36. The Bertz CT molecular complexity index is 295. The van der Waals surface area contributed by atoms with Gasteiger partial charge in [0, 0.05) is 14.2 Å². The van der Waals surface area contributed by atoms with Crippen LogP contribution in [0.1, 0.15) is 5.56 Å². The monoisotopic (exact) mass is 207 g/mol. The van der Waals surface area contributed by atoms with Crippen molar-refractivity contribution in [2.45, 2.75) is 6.42 Å². The molecule has 14 heavy (non-hydrogen) atoms. The Morgan fingerprint density at radius 3 is 2.50 bits per heavy atom. The quantitative estimate of drug-likeness (QED) is 0.537. The first-order valence-corrected chi connectivity index (χ1v) is 5.79. The third-order valence-corrected chi connectivity index (χ3v) is 3.64. The van der Waals surface area contributed by atoms with Crippen LogP contribution in [0.5, 0.6) is 0 Å². The Balaban J connectivity index is 2.98. The van der Waals surface area contributed by atoms with E-state index in [0.717, 1.165) is 6.42 Å². The molecule has 0 unspecified atom stereocenters. The normalized spacial score (nSPS) is 10.5. The van der Waals surface area contributed by atoms with E-state index in [9.17, 15) is 0 Å². The largest absolute Gasteiger partial charge is 0.423 e. The molecule has 0 saturated carbocycles. The van der Waals surface area contributed by atoms with Crippen LogP contribution in [0.3, 0.4) is 0 Å². The van der Waals surface area contributed by atoms with Gasteiger partial charge in [-0.05, 0) is 17.2 Å². The predicted molar refractivity (Wildman–Crippen MR) is 59.7 cm³/mol. The summed E-state index contributed by atoms with van der Waals surface area (Å²) in [6, 6.07) is 8.16. The Hall–Kier alpha value is -0.903. The van der Waals surface area contributed by atoms with Crippen molar-refractivity contribution in [1.82, 2.24) is 0 Å². The molecule has 1 aromatic carbocycles. The van der Waals surface area contributed by atoms with Crippen LogP contribution in [-0.2, 0) is 15.3 Å². The molecular formula is C11H15O2Si. The van der Waals surface area contributed by atoms with Gasteiger partial charge in [0.1, 0.15) is 0 Å². The predicted octanol–water partition coefficient (Wildman–Crippen LogP) is 1.40. The van der Waals surface area contributed by atoms with E-state index >= 15 is 0 Å². The van der Waals surface area contributed by atoms with Crippen LogP contribution < -0.4 is 5.19 Å². The summed E-state index contributed by atoms with van der Waals surface area (Å²) >= 11 is 0. The van der Waals surface area contributed by atoms with Crippen molar-refractivity contribution in [3.63, 3.8) is 0 Å². The van der Waals surface area contributed by atoms with Crippen LogP contribution in [0.15, 0.2) is 36.9 Å². The average Bonchev–Trinajstić information content (AvgIpc) is 2.23. The lowest BCUT2D eigenvalue weighted by molar-refractivity contribution is 0.291. The first-order valence-electron chi connectivity index (χ1n) is 4.47. The highest BCUT2D eigenvalue weighted by molar-refractivity contribution is 6.61. The molecule has 0 aliphatic rings. The second kappa shape index (κ2) is 5.75. The minimum atomic E-state index is -1.30. The number of allylic oxidation sites excluding steroid dienone is 1. The second-order valence-corrected chi connectivity index (χ2v) is 4.78. The van der Waals surface area contributed by atoms with Gasteiger partial charge in [-0.25, -0.2) is 0 Å². The van der Waals surface area contributed by atoms with Gasteiger partial charge in [-0.2, -0.15) is 0 Å². The maximum absolute atomic E-state index is 5.32. The molecule has 0 fully saturated rings. The van der Waals surface area contributed by atoms with Crippen LogP contribution >= 0.6 is 0 Å². The van der Waals surface area contributed by atoms with Gasteiger partial charge in [0.25, 0.3) is 0 Å². The van der Waals surface area contributed by atoms with Crippen LogP contribution in [0.4, 0.5) is 0 Å². The maximum atomic E-state index is 5.32. The highest BCUT2D eigenvalue weighted by Gasteiger charge is 2.18. The zero-order valence-electron chi connectivity index (χ0n) is 8.62. The molecule has 0 atom stereocenters. The van der Waals surface area contributed by atoms with Crippen molar-refractivity contribution >= 4 is 14.5 Å². The highest BCUT2D eigenvalue weighted by Crippen LogP contribution is 2.01. The van der Waals surface area contributed by atoms with Crippen molar-refractivity contribution in [2.24, 2.45) is 0 Å². The topological polar surface area (TPSA) is 18.5 Å². The Labute approximate surface area is 87.0 Å². The summed E-state index contributed by atoms with van der Waals surface area (Å²) in [6.07, 6.45) is 2.75. The Morgan fingerprint density at radius 2 is 1.93 bits per heavy atom. The Morgan fingerprint density at radius 1 is 1.29 bits per heavy atom. The van der Waals surface area contributed by atoms with E-state index in [0.29, 0.717) is 0 Å².